The summed E-state index contributed by atoms with van der Waals surface area (Å²) in [7, 11) is 0. The Bertz CT molecular complexity index is 1680. The molecule has 38 heavy (non-hydrogen) atoms. The van der Waals surface area contributed by atoms with Crippen LogP contribution in [0.3, 0.4) is 0 Å². The topological polar surface area (TPSA) is 75.0 Å². The third kappa shape index (κ3) is 3.50. The average Bonchev–Trinajstić information content (AvgIpc) is 3.64. The van der Waals surface area contributed by atoms with E-state index in [1.807, 2.05) is 0 Å². The molecule has 1 aliphatic heterocycles. The predicted molar refractivity (Wildman–Crippen MR) is 138 cm³/mol. The molecule has 4 heterocycles. The van der Waals surface area contributed by atoms with Gasteiger partial charge >= 0.3 is 6.18 Å². The zero-order valence-corrected chi connectivity index (χ0v) is 20.5. The highest BCUT2D eigenvalue weighted by Crippen LogP contribution is 2.45. The minimum Gasteiger partial charge on any atom is -0.342 e. The first-order valence-electron chi connectivity index (χ1n) is 12.6. The maximum Gasteiger partial charge on any atom is 0.417 e. The number of rotatable bonds is 3. The molecular formula is C28H24F3N7. The van der Waals surface area contributed by atoms with Crippen molar-refractivity contribution in [2.45, 2.75) is 31.9 Å². The largest absolute Gasteiger partial charge is 0.417 e. The van der Waals surface area contributed by atoms with Crippen LogP contribution in [-0.2, 0) is 19.0 Å². The number of nitrogens with one attached hydrogen (secondary N) is 1. The summed E-state index contributed by atoms with van der Waals surface area (Å²) in [6.07, 6.45) is 1.38. The number of benzene rings is 2. The minimum absolute atomic E-state index is 0.0333. The first-order chi connectivity index (χ1) is 18.3. The normalized spacial score (nSPS) is 17.0. The van der Waals surface area contributed by atoms with E-state index in [4.69, 9.17) is 4.98 Å². The van der Waals surface area contributed by atoms with Crippen LogP contribution >= 0.6 is 0 Å². The molecule has 7 nitrogen and oxygen atoms in total. The number of hydrogen-bond acceptors (Lipinski definition) is 5. The maximum absolute atomic E-state index is 13.7. The first kappa shape index (κ1) is 22.9. The SMILES string of the molecule is C=C(c1ccccc1C(F)(F)F)c1n[nH]c2nc(N3CCC4(CC3)Cc3ccccc3C4)n3cnnc3c12. The van der Waals surface area contributed by atoms with Gasteiger partial charge in [0.1, 0.15) is 12.0 Å². The van der Waals surface area contributed by atoms with Crippen molar-refractivity contribution < 1.29 is 13.2 Å². The molecule has 0 radical (unpaired) electrons. The number of hydrogen-bond donors (Lipinski definition) is 1. The lowest BCUT2D eigenvalue weighted by Gasteiger charge is -2.39. The van der Waals surface area contributed by atoms with E-state index in [-0.39, 0.29) is 22.2 Å². The summed E-state index contributed by atoms with van der Waals surface area (Å²) in [6, 6.07) is 14.1. The highest BCUT2D eigenvalue weighted by Gasteiger charge is 2.40. The third-order valence-corrected chi connectivity index (χ3v) is 8.15. The average molecular weight is 516 g/mol. The van der Waals surface area contributed by atoms with Gasteiger partial charge in [-0.2, -0.15) is 23.3 Å². The third-order valence-electron chi connectivity index (χ3n) is 8.15. The molecule has 3 aromatic heterocycles. The van der Waals surface area contributed by atoms with Crippen molar-refractivity contribution in [3.8, 4) is 0 Å². The van der Waals surface area contributed by atoms with Crippen molar-refractivity contribution in [3.63, 3.8) is 0 Å². The number of aromatic amines is 1. The van der Waals surface area contributed by atoms with Crippen molar-refractivity contribution in [1.29, 1.82) is 0 Å². The van der Waals surface area contributed by atoms with Crippen LogP contribution in [0, 0.1) is 5.41 Å². The summed E-state index contributed by atoms with van der Waals surface area (Å²) in [4.78, 5) is 7.08. The summed E-state index contributed by atoms with van der Waals surface area (Å²) < 4.78 is 42.9. The summed E-state index contributed by atoms with van der Waals surface area (Å²) >= 11 is 0. The Labute approximate surface area is 216 Å². The van der Waals surface area contributed by atoms with Gasteiger partial charge in [0.25, 0.3) is 0 Å². The Hall–Kier alpha value is -4.21. The smallest absolute Gasteiger partial charge is 0.342 e. The van der Waals surface area contributed by atoms with Gasteiger partial charge in [0.2, 0.25) is 5.95 Å². The van der Waals surface area contributed by atoms with Crippen LogP contribution < -0.4 is 4.90 Å². The fourth-order valence-electron chi connectivity index (χ4n) is 6.20. The van der Waals surface area contributed by atoms with Crippen LogP contribution in [0.2, 0.25) is 0 Å². The summed E-state index contributed by atoms with van der Waals surface area (Å²) in [5.41, 5.74) is 3.73. The monoisotopic (exact) mass is 515 g/mol. The van der Waals surface area contributed by atoms with E-state index in [1.165, 1.54) is 23.3 Å². The molecule has 5 aromatic rings. The van der Waals surface area contributed by atoms with Crippen LogP contribution in [0.4, 0.5) is 19.1 Å². The number of nitrogens with zero attached hydrogens (tertiary/aromatic N) is 6. The van der Waals surface area contributed by atoms with Gasteiger partial charge in [-0.25, -0.2) is 0 Å². The molecule has 7 rings (SSSR count). The Morgan fingerprint density at radius 1 is 0.974 bits per heavy atom. The zero-order chi connectivity index (χ0) is 26.1. The van der Waals surface area contributed by atoms with Gasteiger partial charge in [0, 0.05) is 18.7 Å². The summed E-state index contributed by atoms with van der Waals surface area (Å²) in [5, 5.41) is 16.2. The summed E-state index contributed by atoms with van der Waals surface area (Å²) in [6.45, 7) is 5.65. The van der Waals surface area contributed by atoms with Crippen molar-refractivity contribution >= 4 is 28.2 Å². The van der Waals surface area contributed by atoms with Crippen molar-refractivity contribution in [2.24, 2.45) is 5.41 Å². The molecule has 0 unspecified atom stereocenters. The van der Waals surface area contributed by atoms with E-state index in [9.17, 15) is 13.2 Å². The van der Waals surface area contributed by atoms with Gasteiger partial charge in [-0.3, -0.25) is 9.50 Å². The molecule has 2 aromatic carbocycles. The highest BCUT2D eigenvalue weighted by atomic mass is 19.4. The van der Waals surface area contributed by atoms with Crippen LogP contribution in [0.5, 0.6) is 0 Å². The van der Waals surface area contributed by atoms with E-state index in [0.717, 1.165) is 44.8 Å². The van der Waals surface area contributed by atoms with Crippen LogP contribution in [0.15, 0.2) is 61.4 Å². The Balaban J connectivity index is 1.23. The second-order valence-corrected chi connectivity index (χ2v) is 10.4. The summed E-state index contributed by atoms with van der Waals surface area (Å²) in [5.74, 6) is 0.694. The molecule has 1 spiro atoms. The standard InChI is InChI=1S/C28H24F3N7/c1-17(20-8-4-5-9-21(20)28(29,30)31)23-22-24(35-34-23)33-26(38-16-32-36-25(22)38)37-12-10-27(11-13-37)14-18-6-2-3-7-19(18)15-27/h2-9,16H,1,10-15H2,(H,34,35). The van der Waals surface area contributed by atoms with Gasteiger partial charge < -0.3 is 4.90 Å². The molecule has 0 bridgehead atoms. The molecule has 0 amide bonds. The molecule has 192 valence electrons. The molecule has 10 heteroatoms. The van der Waals surface area contributed by atoms with Crippen LogP contribution in [0.1, 0.15) is 40.8 Å². The van der Waals surface area contributed by atoms with Gasteiger partial charge in [-0.05, 0) is 53.9 Å². The second-order valence-electron chi connectivity index (χ2n) is 10.4. The molecule has 0 saturated carbocycles. The number of piperidine rings is 1. The van der Waals surface area contributed by atoms with Gasteiger partial charge in [-0.1, -0.05) is 49.0 Å². The Kier molecular flexibility index (Phi) is 4.92. The fourth-order valence-corrected chi connectivity index (χ4v) is 6.20. The van der Waals surface area contributed by atoms with E-state index in [0.29, 0.717) is 22.6 Å². The van der Waals surface area contributed by atoms with E-state index in [2.05, 4.69) is 56.1 Å². The lowest BCUT2D eigenvalue weighted by atomic mass is 9.76. The maximum atomic E-state index is 13.7. The number of H-pyrrole nitrogens is 1. The first-order valence-corrected chi connectivity index (χ1v) is 12.6. The van der Waals surface area contributed by atoms with E-state index < -0.39 is 11.7 Å². The highest BCUT2D eigenvalue weighted by molar-refractivity contribution is 6.01. The van der Waals surface area contributed by atoms with Gasteiger partial charge in [-0.15, -0.1) is 10.2 Å². The Morgan fingerprint density at radius 2 is 1.66 bits per heavy atom. The lowest BCUT2D eigenvalue weighted by molar-refractivity contribution is -0.137. The molecule has 0 atom stereocenters. The second kappa shape index (κ2) is 8.14. The number of alkyl halides is 3. The van der Waals surface area contributed by atoms with Crippen molar-refractivity contribution in [3.05, 3.63) is 89.4 Å². The predicted octanol–water partition coefficient (Wildman–Crippen LogP) is 5.47. The van der Waals surface area contributed by atoms with Gasteiger partial charge in [0.05, 0.1) is 10.9 Å². The molecular weight excluding hydrogens is 491 g/mol. The van der Waals surface area contributed by atoms with Gasteiger partial charge in [0.15, 0.2) is 11.3 Å². The molecule has 2 aliphatic rings. The minimum atomic E-state index is -4.52. The number of fused-ring (bicyclic) bond motifs is 4. The molecule has 1 N–H and O–H groups in total. The molecule has 1 aliphatic carbocycles. The Morgan fingerprint density at radius 3 is 2.37 bits per heavy atom. The number of aromatic nitrogens is 6. The van der Waals surface area contributed by atoms with Crippen LogP contribution in [0.25, 0.3) is 22.3 Å². The molecule has 1 saturated heterocycles. The number of anilines is 1. The lowest BCUT2D eigenvalue weighted by Crippen LogP contribution is -2.41. The number of halogens is 3. The van der Waals surface area contributed by atoms with E-state index >= 15 is 0 Å². The van der Waals surface area contributed by atoms with Crippen LogP contribution in [-0.4, -0.2) is 42.9 Å². The van der Waals surface area contributed by atoms with Crippen molar-refractivity contribution in [2.75, 3.05) is 18.0 Å². The van der Waals surface area contributed by atoms with E-state index in [1.54, 1.807) is 16.8 Å². The zero-order valence-electron chi connectivity index (χ0n) is 20.5. The fraction of sp³-hybridized carbons (Fsp3) is 0.286. The van der Waals surface area contributed by atoms with Crippen molar-refractivity contribution in [1.82, 2.24) is 29.8 Å². The quantitative estimate of drug-likeness (QED) is 0.345. The molecule has 1 fully saturated rings.